The molecule has 0 bridgehead atoms. The number of carbonyl (C=O) groups is 2. The van der Waals surface area contributed by atoms with Crippen LogP contribution in [-0.2, 0) is 26.2 Å². The van der Waals surface area contributed by atoms with E-state index < -0.39 is 34.1 Å². The molecule has 1 N–H and O–H groups in total. The Kier molecular flexibility index (Phi) is 10.1. The fourth-order valence-corrected chi connectivity index (χ4v) is 5.88. The maximum absolute atomic E-state index is 14.1. The summed E-state index contributed by atoms with van der Waals surface area (Å²) in [6, 6.07) is 17.6. The van der Waals surface area contributed by atoms with Crippen LogP contribution in [0, 0.1) is 13.8 Å². The molecular formula is C31H38ClN3O5S. The highest BCUT2D eigenvalue weighted by Crippen LogP contribution is 2.31. The van der Waals surface area contributed by atoms with Crippen molar-refractivity contribution in [3.63, 3.8) is 0 Å². The van der Waals surface area contributed by atoms with Gasteiger partial charge in [-0.2, -0.15) is 0 Å². The summed E-state index contributed by atoms with van der Waals surface area (Å²) in [5, 5.41) is 3.28. The second-order valence-corrected chi connectivity index (χ2v) is 13.3. The monoisotopic (exact) mass is 599 g/mol. The number of amides is 2. The quantitative estimate of drug-likeness (QED) is 0.332. The lowest BCUT2D eigenvalue weighted by atomic mass is 10.1. The molecule has 10 heteroatoms. The first-order chi connectivity index (χ1) is 19.1. The fraction of sp³-hybridized carbons (Fsp3) is 0.355. The third-order valence-corrected chi connectivity index (χ3v) is 8.73. The second-order valence-electron chi connectivity index (χ2n) is 11.0. The van der Waals surface area contributed by atoms with Gasteiger partial charge in [-0.3, -0.25) is 13.9 Å². The summed E-state index contributed by atoms with van der Waals surface area (Å²) in [5.41, 5.74) is 1.87. The van der Waals surface area contributed by atoms with E-state index >= 15 is 0 Å². The molecule has 3 aromatic carbocycles. The van der Waals surface area contributed by atoms with Crippen molar-refractivity contribution in [3.8, 4) is 5.75 Å². The number of aryl methyl sites for hydroxylation is 1. The summed E-state index contributed by atoms with van der Waals surface area (Å²) in [6.45, 7) is 10.3. The lowest BCUT2D eigenvalue weighted by molar-refractivity contribution is -0.140. The van der Waals surface area contributed by atoms with Crippen LogP contribution in [0.15, 0.2) is 71.6 Å². The zero-order chi connectivity index (χ0) is 30.5. The van der Waals surface area contributed by atoms with Crippen molar-refractivity contribution < 1.29 is 22.7 Å². The van der Waals surface area contributed by atoms with Crippen molar-refractivity contribution in [1.82, 2.24) is 10.2 Å². The summed E-state index contributed by atoms with van der Waals surface area (Å²) >= 11 is 6.38. The maximum atomic E-state index is 14.1. The van der Waals surface area contributed by atoms with Crippen molar-refractivity contribution in [1.29, 1.82) is 0 Å². The van der Waals surface area contributed by atoms with E-state index in [1.807, 2.05) is 33.8 Å². The van der Waals surface area contributed by atoms with Crippen LogP contribution in [0.4, 0.5) is 5.69 Å². The number of rotatable bonds is 10. The van der Waals surface area contributed by atoms with Gasteiger partial charge in [0, 0.05) is 17.1 Å². The minimum Gasteiger partial charge on any atom is -0.497 e. The molecule has 0 aliphatic rings. The van der Waals surface area contributed by atoms with E-state index in [4.69, 9.17) is 16.3 Å². The molecule has 3 rings (SSSR count). The van der Waals surface area contributed by atoms with Crippen LogP contribution in [0.2, 0.25) is 5.02 Å². The highest BCUT2D eigenvalue weighted by Gasteiger charge is 2.34. The molecule has 41 heavy (non-hydrogen) atoms. The van der Waals surface area contributed by atoms with E-state index in [0.29, 0.717) is 16.3 Å². The normalized spacial score (nSPS) is 12.4. The molecule has 0 saturated heterocycles. The Labute approximate surface area is 248 Å². The van der Waals surface area contributed by atoms with E-state index in [-0.39, 0.29) is 23.0 Å². The number of methoxy groups -OCH3 is 1. The molecule has 0 heterocycles. The zero-order valence-electron chi connectivity index (χ0n) is 24.6. The second kappa shape index (κ2) is 13.0. The summed E-state index contributed by atoms with van der Waals surface area (Å²) in [5.74, 6) is -0.320. The van der Waals surface area contributed by atoms with Gasteiger partial charge in [-0.05, 0) is 89.1 Å². The van der Waals surface area contributed by atoms with Crippen molar-refractivity contribution >= 4 is 39.1 Å². The lowest BCUT2D eigenvalue weighted by Gasteiger charge is -2.34. The number of hydrogen-bond donors (Lipinski definition) is 1. The highest BCUT2D eigenvalue weighted by atomic mass is 35.5. The van der Waals surface area contributed by atoms with Gasteiger partial charge in [0.05, 0.1) is 17.7 Å². The average Bonchev–Trinajstić information content (AvgIpc) is 2.91. The number of nitrogens with zero attached hydrogens (tertiary/aromatic N) is 2. The molecule has 0 aliphatic carbocycles. The average molecular weight is 600 g/mol. The van der Waals surface area contributed by atoms with Gasteiger partial charge in [-0.1, -0.05) is 47.5 Å². The number of ether oxygens (including phenoxy) is 1. The summed E-state index contributed by atoms with van der Waals surface area (Å²) < 4.78 is 34.4. The van der Waals surface area contributed by atoms with Gasteiger partial charge in [-0.15, -0.1) is 0 Å². The SMILES string of the molecule is COc1cccc(CN(C(=O)CN(c2cccc(Cl)c2C)S(=O)(=O)c2ccc(C)cc2)[C@@H](C)C(=O)NC(C)(C)C)c1. The number of anilines is 1. The third-order valence-electron chi connectivity index (χ3n) is 6.55. The van der Waals surface area contributed by atoms with Crippen LogP contribution >= 0.6 is 11.6 Å². The van der Waals surface area contributed by atoms with Gasteiger partial charge in [-0.25, -0.2) is 8.42 Å². The van der Waals surface area contributed by atoms with Crippen LogP contribution in [0.5, 0.6) is 5.75 Å². The van der Waals surface area contributed by atoms with E-state index in [1.54, 1.807) is 69.5 Å². The molecule has 0 unspecified atom stereocenters. The number of carbonyl (C=O) groups excluding carboxylic acids is 2. The minimum absolute atomic E-state index is 0.0353. The number of sulfonamides is 1. The number of benzene rings is 3. The Morgan fingerprint density at radius 1 is 1.00 bits per heavy atom. The van der Waals surface area contributed by atoms with E-state index in [0.717, 1.165) is 15.4 Å². The van der Waals surface area contributed by atoms with Crippen molar-refractivity contribution in [2.24, 2.45) is 0 Å². The van der Waals surface area contributed by atoms with Crippen molar-refractivity contribution in [2.45, 2.75) is 64.6 Å². The predicted molar refractivity (Wildman–Crippen MR) is 163 cm³/mol. The number of halogens is 1. The smallest absolute Gasteiger partial charge is 0.264 e. The van der Waals surface area contributed by atoms with Gasteiger partial charge >= 0.3 is 0 Å². The molecule has 2 amide bonds. The van der Waals surface area contributed by atoms with Crippen LogP contribution < -0.4 is 14.4 Å². The predicted octanol–water partition coefficient (Wildman–Crippen LogP) is 5.49. The number of hydrogen-bond acceptors (Lipinski definition) is 5. The van der Waals surface area contributed by atoms with E-state index in [2.05, 4.69) is 5.32 Å². The molecule has 3 aromatic rings. The van der Waals surface area contributed by atoms with E-state index in [1.165, 1.54) is 17.0 Å². The summed E-state index contributed by atoms with van der Waals surface area (Å²) in [7, 11) is -2.65. The Morgan fingerprint density at radius 2 is 1.63 bits per heavy atom. The molecule has 1 atom stereocenters. The Balaban J connectivity index is 2.09. The molecule has 0 spiro atoms. The Morgan fingerprint density at radius 3 is 2.24 bits per heavy atom. The van der Waals surface area contributed by atoms with Crippen LogP contribution in [-0.4, -0.2) is 50.4 Å². The van der Waals surface area contributed by atoms with Crippen LogP contribution in [0.1, 0.15) is 44.4 Å². The van der Waals surface area contributed by atoms with Crippen LogP contribution in [0.3, 0.4) is 0 Å². The Bertz CT molecular complexity index is 1500. The van der Waals surface area contributed by atoms with Crippen molar-refractivity contribution in [3.05, 3.63) is 88.4 Å². The van der Waals surface area contributed by atoms with Gasteiger partial charge < -0.3 is 15.0 Å². The first-order valence-corrected chi connectivity index (χ1v) is 15.0. The molecule has 0 fully saturated rings. The minimum atomic E-state index is -4.19. The van der Waals surface area contributed by atoms with Gasteiger partial charge in [0.25, 0.3) is 10.0 Å². The van der Waals surface area contributed by atoms with Gasteiger partial charge in [0.2, 0.25) is 11.8 Å². The lowest BCUT2D eigenvalue weighted by Crippen LogP contribution is -2.54. The largest absolute Gasteiger partial charge is 0.497 e. The number of nitrogens with one attached hydrogen (secondary N) is 1. The summed E-state index contributed by atoms with van der Waals surface area (Å²) in [6.07, 6.45) is 0. The third kappa shape index (κ3) is 8.01. The first-order valence-electron chi connectivity index (χ1n) is 13.2. The fourth-order valence-electron chi connectivity index (χ4n) is 4.24. The Hall–Kier alpha value is -3.56. The highest BCUT2D eigenvalue weighted by molar-refractivity contribution is 7.92. The standard InChI is InChI=1S/C31H38ClN3O5S/c1-21-14-16-26(17-15-21)41(38,39)35(28-13-9-12-27(32)22(28)2)20-29(36)34(23(3)30(37)33-31(4,5)6)19-24-10-8-11-25(18-24)40-7/h8-18,23H,19-20H2,1-7H3,(H,33,37)/t23-/m0/s1. The first kappa shape index (κ1) is 32.0. The molecular weight excluding hydrogens is 562 g/mol. The molecule has 0 saturated carbocycles. The maximum Gasteiger partial charge on any atom is 0.264 e. The van der Waals surface area contributed by atoms with Gasteiger partial charge in [0.1, 0.15) is 18.3 Å². The van der Waals surface area contributed by atoms with Crippen molar-refractivity contribution in [2.75, 3.05) is 18.0 Å². The van der Waals surface area contributed by atoms with E-state index in [9.17, 15) is 18.0 Å². The molecule has 8 nitrogen and oxygen atoms in total. The molecule has 0 aliphatic heterocycles. The topological polar surface area (TPSA) is 96.0 Å². The van der Waals surface area contributed by atoms with Gasteiger partial charge in [0.15, 0.2) is 0 Å². The molecule has 0 aromatic heterocycles. The molecule has 220 valence electrons. The summed E-state index contributed by atoms with van der Waals surface area (Å²) in [4.78, 5) is 28.8. The zero-order valence-corrected chi connectivity index (χ0v) is 26.1. The molecule has 0 radical (unpaired) electrons. The van der Waals surface area contributed by atoms with Crippen LogP contribution in [0.25, 0.3) is 0 Å².